The number of carbonyl (C=O) groups is 1. The molecule has 1 atom stereocenters. The van der Waals surface area contributed by atoms with Crippen LogP contribution < -0.4 is 11.1 Å². The number of urea groups is 1. The number of aryl methyl sites for hydroxylation is 1. The lowest BCUT2D eigenvalue weighted by atomic mass is 9.87. The molecule has 116 valence electrons. The van der Waals surface area contributed by atoms with Gasteiger partial charge in [0.05, 0.1) is 0 Å². The van der Waals surface area contributed by atoms with Gasteiger partial charge in [-0.3, -0.25) is 0 Å². The van der Waals surface area contributed by atoms with Crippen LogP contribution in [0.25, 0.3) is 0 Å². The van der Waals surface area contributed by atoms with Crippen LogP contribution in [0, 0.1) is 0 Å². The number of hydrogen-bond donors (Lipinski definition) is 2. The summed E-state index contributed by atoms with van der Waals surface area (Å²) in [6.07, 6.45) is -4.52. The first kappa shape index (κ1) is 15.6. The highest BCUT2D eigenvalue weighted by molar-refractivity contribution is 5.73. The highest BCUT2D eigenvalue weighted by Gasteiger charge is 2.59. The molecule has 2 rings (SSSR count). The predicted octanol–water partition coefficient (Wildman–Crippen LogP) is 1.90. The summed E-state index contributed by atoms with van der Waals surface area (Å²) in [5, 5.41) is 2.73. The molecule has 3 N–H and O–H groups in total. The van der Waals surface area contributed by atoms with Gasteiger partial charge in [0.15, 0.2) is 5.54 Å². The zero-order chi connectivity index (χ0) is 15.5. The molecule has 1 aromatic carbocycles. The number of nitrogens with two attached hydrogens (primary N) is 1. The summed E-state index contributed by atoms with van der Waals surface area (Å²) in [5.74, 6) is 0. The van der Waals surface area contributed by atoms with E-state index in [1.165, 1.54) is 0 Å². The molecule has 2 amide bonds. The predicted molar refractivity (Wildman–Crippen MR) is 72.7 cm³/mol. The SMILES string of the molecule is NC(=O)N1CCNCC1(CCc1ccccc1)C(F)(F)F. The Balaban J connectivity index is 2.26. The Bertz CT molecular complexity index is 492. The zero-order valence-electron chi connectivity index (χ0n) is 11.5. The first-order valence-corrected chi connectivity index (χ1v) is 6.75. The first-order valence-electron chi connectivity index (χ1n) is 6.75. The Labute approximate surface area is 121 Å². The Hall–Kier alpha value is -1.76. The van der Waals surface area contributed by atoms with E-state index in [0.717, 1.165) is 10.5 Å². The molecule has 0 bridgehead atoms. The van der Waals surface area contributed by atoms with Crippen LogP contribution in [0.4, 0.5) is 18.0 Å². The quantitative estimate of drug-likeness (QED) is 0.896. The number of nitrogens with one attached hydrogen (secondary N) is 1. The molecule has 0 radical (unpaired) electrons. The monoisotopic (exact) mass is 301 g/mol. The first-order chi connectivity index (χ1) is 9.87. The van der Waals surface area contributed by atoms with Crippen LogP contribution in [0.2, 0.25) is 0 Å². The van der Waals surface area contributed by atoms with E-state index < -0.39 is 17.7 Å². The highest BCUT2D eigenvalue weighted by atomic mass is 19.4. The summed E-state index contributed by atoms with van der Waals surface area (Å²) < 4.78 is 40.9. The van der Waals surface area contributed by atoms with E-state index in [1.807, 2.05) is 0 Å². The number of primary amides is 1. The van der Waals surface area contributed by atoms with Crippen LogP contribution in [-0.2, 0) is 6.42 Å². The number of carbonyl (C=O) groups excluding carboxylic acids is 1. The van der Waals surface area contributed by atoms with Crippen LogP contribution in [0.15, 0.2) is 30.3 Å². The molecule has 21 heavy (non-hydrogen) atoms. The van der Waals surface area contributed by atoms with Gasteiger partial charge in [0.25, 0.3) is 0 Å². The molecule has 0 aromatic heterocycles. The minimum absolute atomic E-state index is 0.0381. The summed E-state index contributed by atoms with van der Waals surface area (Å²) in [7, 11) is 0. The highest BCUT2D eigenvalue weighted by Crippen LogP contribution is 2.39. The average molecular weight is 301 g/mol. The molecule has 1 saturated heterocycles. The molecule has 7 heteroatoms. The summed E-state index contributed by atoms with van der Waals surface area (Å²) in [4.78, 5) is 12.2. The average Bonchev–Trinajstić information content (AvgIpc) is 2.45. The molecule has 1 fully saturated rings. The van der Waals surface area contributed by atoms with Gasteiger partial charge in [-0.1, -0.05) is 30.3 Å². The topological polar surface area (TPSA) is 58.4 Å². The number of nitrogens with zero attached hydrogens (tertiary/aromatic N) is 1. The largest absolute Gasteiger partial charge is 0.413 e. The second kappa shape index (κ2) is 5.93. The van der Waals surface area contributed by atoms with Crippen molar-refractivity contribution in [3.05, 3.63) is 35.9 Å². The van der Waals surface area contributed by atoms with E-state index in [4.69, 9.17) is 5.73 Å². The van der Waals surface area contributed by atoms with Crippen molar-refractivity contribution in [3.8, 4) is 0 Å². The summed E-state index contributed by atoms with van der Waals surface area (Å²) in [6, 6.07) is 7.88. The van der Waals surface area contributed by atoms with Crippen molar-refractivity contribution < 1.29 is 18.0 Å². The molecule has 1 aliphatic heterocycles. The molecular formula is C14H18F3N3O. The van der Waals surface area contributed by atoms with Gasteiger partial charge in [-0.25, -0.2) is 4.79 Å². The second-order valence-corrected chi connectivity index (χ2v) is 5.18. The second-order valence-electron chi connectivity index (χ2n) is 5.18. The fraction of sp³-hybridized carbons (Fsp3) is 0.500. The molecule has 1 unspecified atom stereocenters. The van der Waals surface area contributed by atoms with Gasteiger partial charge in [0.1, 0.15) is 0 Å². The van der Waals surface area contributed by atoms with Gasteiger partial charge in [-0.15, -0.1) is 0 Å². The van der Waals surface area contributed by atoms with Gasteiger partial charge in [-0.05, 0) is 18.4 Å². The summed E-state index contributed by atoms with van der Waals surface area (Å²) in [5.41, 5.74) is 3.73. The third-order valence-electron chi connectivity index (χ3n) is 3.91. The summed E-state index contributed by atoms with van der Waals surface area (Å²) >= 11 is 0. The minimum Gasteiger partial charge on any atom is -0.351 e. The van der Waals surface area contributed by atoms with E-state index in [9.17, 15) is 18.0 Å². The van der Waals surface area contributed by atoms with Gasteiger partial charge in [0, 0.05) is 19.6 Å². The Morgan fingerprint density at radius 3 is 2.57 bits per heavy atom. The van der Waals surface area contributed by atoms with Crippen LogP contribution in [0.3, 0.4) is 0 Å². The zero-order valence-corrected chi connectivity index (χ0v) is 11.5. The molecule has 0 spiro atoms. The fourth-order valence-corrected chi connectivity index (χ4v) is 2.73. The number of halogens is 3. The van der Waals surface area contributed by atoms with Crippen molar-refractivity contribution in [1.82, 2.24) is 10.2 Å². The number of amides is 2. The molecule has 1 heterocycles. The Kier molecular flexibility index (Phi) is 4.41. The van der Waals surface area contributed by atoms with Crippen LogP contribution >= 0.6 is 0 Å². The Morgan fingerprint density at radius 1 is 1.33 bits per heavy atom. The number of hydrogen-bond acceptors (Lipinski definition) is 2. The Morgan fingerprint density at radius 2 is 2.00 bits per heavy atom. The molecule has 1 aliphatic rings. The van der Waals surface area contributed by atoms with Crippen molar-refractivity contribution in [2.24, 2.45) is 5.73 Å². The maximum absolute atomic E-state index is 13.6. The van der Waals surface area contributed by atoms with Crippen LogP contribution in [0.5, 0.6) is 0 Å². The van der Waals surface area contributed by atoms with Crippen LogP contribution in [0.1, 0.15) is 12.0 Å². The molecular weight excluding hydrogens is 283 g/mol. The smallest absolute Gasteiger partial charge is 0.351 e. The van der Waals surface area contributed by atoms with Crippen molar-refractivity contribution >= 4 is 6.03 Å². The normalized spacial score (nSPS) is 23.1. The number of benzene rings is 1. The van der Waals surface area contributed by atoms with E-state index in [1.54, 1.807) is 30.3 Å². The molecule has 0 aliphatic carbocycles. The lowest BCUT2D eigenvalue weighted by Crippen LogP contribution is -2.70. The molecule has 4 nitrogen and oxygen atoms in total. The van der Waals surface area contributed by atoms with E-state index in [0.29, 0.717) is 6.54 Å². The standard InChI is InChI=1S/C14H18F3N3O/c15-14(16,17)13(7-6-11-4-2-1-3-5-11)10-19-8-9-20(13)12(18)21/h1-5,19H,6-10H2,(H2,18,21). The van der Waals surface area contributed by atoms with Gasteiger partial charge < -0.3 is 16.0 Å². The van der Waals surface area contributed by atoms with Gasteiger partial charge in [0.2, 0.25) is 0 Å². The van der Waals surface area contributed by atoms with Crippen molar-refractivity contribution in [2.75, 3.05) is 19.6 Å². The lowest BCUT2D eigenvalue weighted by Gasteiger charge is -2.47. The van der Waals surface area contributed by atoms with E-state index in [-0.39, 0.29) is 25.9 Å². The van der Waals surface area contributed by atoms with Crippen molar-refractivity contribution in [3.63, 3.8) is 0 Å². The maximum Gasteiger partial charge on any atom is 0.413 e. The third-order valence-corrected chi connectivity index (χ3v) is 3.91. The van der Waals surface area contributed by atoms with Crippen molar-refractivity contribution in [1.29, 1.82) is 0 Å². The number of rotatable bonds is 3. The maximum atomic E-state index is 13.6. The third kappa shape index (κ3) is 3.12. The number of piperazine rings is 1. The van der Waals surface area contributed by atoms with Gasteiger partial charge in [-0.2, -0.15) is 13.2 Å². The van der Waals surface area contributed by atoms with Gasteiger partial charge >= 0.3 is 12.2 Å². The summed E-state index contributed by atoms with van der Waals surface area (Å²) in [6.45, 7) is -0.0536. The molecule has 1 aromatic rings. The number of alkyl halides is 3. The molecule has 0 saturated carbocycles. The van der Waals surface area contributed by atoms with E-state index >= 15 is 0 Å². The minimum atomic E-state index is -4.54. The van der Waals surface area contributed by atoms with E-state index in [2.05, 4.69) is 5.32 Å². The lowest BCUT2D eigenvalue weighted by molar-refractivity contribution is -0.228. The fourth-order valence-electron chi connectivity index (χ4n) is 2.73. The van der Waals surface area contributed by atoms with Crippen molar-refractivity contribution in [2.45, 2.75) is 24.6 Å². The van der Waals surface area contributed by atoms with Crippen LogP contribution in [-0.4, -0.2) is 42.3 Å².